The molecule has 15 heavy (non-hydrogen) atoms. The topological polar surface area (TPSA) is 105 Å². The molecule has 0 aliphatic rings. The van der Waals surface area contributed by atoms with Crippen LogP contribution < -0.4 is 11.5 Å². The number of rotatable bonds is 6. The number of carboxylic acid groups (broad SMARTS) is 1. The first-order valence-electron chi connectivity index (χ1n) is 4.90. The number of nitrogens with two attached hydrogens (primary N) is 2. The summed E-state index contributed by atoms with van der Waals surface area (Å²) in [7, 11) is 3.64. The van der Waals surface area contributed by atoms with Crippen molar-refractivity contribution in [2.45, 2.75) is 25.3 Å². The Bertz CT molecular complexity index is 228. The molecule has 0 heterocycles. The Morgan fingerprint density at radius 1 is 1.47 bits per heavy atom. The Labute approximate surface area is 89.9 Å². The average molecular weight is 216 g/mol. The fraction of sp³-hybridized carbons (Fsp3) is 0.778. The molecule has 88 valence electrons. The van der Waals surface area contributed by atoms with Gasteiger partial charge in [0.1, 0.15) is 6.04 Å². The number of carbonyl (C=O) groups is 1. The Hall–Kier alpha value is -1.30. The van der Waals surface area contributed by atoms with Gasteiger partial charge in [0, 0.05) is 20.6 Å². The van der Waals surface area contributed by atoms with Gasteiger partial charge in [0.2, 0.25) is 0 Å². The highest BCUT2D eigenvalue weighted by Gasteiger charge is 2.09. The molecule has 1 atom stereocenters. The van der Waals surface area contributed by atoms with E-state index in [1.807, 2.05) is 14.1 Å². The van der Waals surface area contributed by atoms with Crippen LogP contribution in [0.5, 0.6) is 0 Å². The zero-order valence-corrected chi connectivity index (χ0v) is 9.31. The van der Waals surface area contributed by atoms with Crippen LogP contribution in [0.15, 0.2) is 4.99 Å². The number of carboxylic acids is 1. The molecule has 0 saturated heterocycles. The monoisotopic (exact) mass is 216 g/mol. The lowest BCUT2D eigenvalue weighted by molar-refractivity contribution is -0.138. The molecule has 0 amide bonds. The number of guanidine groups is 1. The van der Waals surface area contributed by atoms with E-state index in [2.05, 4.69) is 4.99 Å². The molecular formula is C9H20N4O2. The molecule has 6 heteroatoms. The van der Waals surface area contributed by atoms with Crippen LogP contribution in [0.25, 0.3) is 0 Å². The summed E-state index contributed by atoms with van der Waals surface area (Å²) in [6.45, 7) is 0.607. The fourth-order valence-corrected chi connectivity index (χ4v) is 0.935. The first-order chi connectivity index (χ1) is 6.95. The molecule has 5 N–H and O–H groups in total. The molecule has 0 bridgehead atoms. The molecule has 0 unspecified atom stereocenters. The van der Waals surface area contributed by atoms with Crippen LogP contribution >= 0.6 is 0 Å². The largest absolute Gasteiger partial charge is 0.480 e. The molecule has 0 aromatic heterocycles. The Kier molecular flexibility index (Phi) is 6.44. The minimum absolute atomic E-state index is 0.479. The van der Waals surface area contributed by atoms with E-state index < -0.39 is 12.0 Å². The van der Waals surface area contributed by atoms with E-state index in [-0.39, 0.29) is 0 Å². The zero-order chi connectivity index (χ0) is 11.8. The molecule has 0 aliphatic heterocycles. The lowest BCUT2D eigenvalue weighted by atomic mass is 10.1. The molecule has 0 aromatic carbocycles. The second-order valence-corrected chi connectivity index (χ2v) is 3.57. The maximum absolute atomic E-state index is 10.4. The van der Waals surface area contributed by atoms with Crippen molar-refractivity contribution in [1.29, 1.82) is 0 Å². The second kappa shape index (κ2) is 7.05. The predicted octanol–water partition coefficient (Wildman–Crippen LogP) is -0.555. The van der Waals surface area contributed by atoms with Gasteiger partial charge < -0.3 is 21.5 Å². The number of unbranched alkanes of at least 4 members (excludes halogenated alkanes) is 1. The standard InChI is InChI=1S/C9H20N4O2/c1-13(2)9(11)12-6-4-3-5-7(10)8(14)15/h7H,3-6,10H2,1-2H3,(H2,11,12)(H,14,15)/t7-/m1/s1. The number of hydrogen-bond donors (Lipinski definition) is 3. The molecule has 0 radical (unpaired) electrons. The zero-order valence-electron chi connectivity index (χ0n) is 9.31. The summed E-state index contributed by atoms with van der Waals surface area (Å²) in [5, 5.41) is 8.52. The highest BCUT2D eigenvalue weighted by molar-refractivity contribution is 5.77. The molecule has 6 nitrogen and oxygen atoms in total. The highest BCUT2D eigenvalue weighted by Crippen LogP contribution is 1.99. The first kappa shape index (κ1) is 13.7. The van der Waals surface area contributed by atoms with E-state index in [9.17, 15) is 4.79 Å². The van der Waals surface area contributed by atoms with E-state index in [0.717, 1.165) is 12.8 Å². The fourth-order valence-electron chi connectivity index (χ4n) is 0.935. The van der Waals surface area contributed by atoms with E-state index in [1.54, 1.807) is 4.90 Å². The van der Waals surface area contributed by atoms with Crippen molar-refractivity contribution in [3.63, 3.8) is 0 Å². The van der Waals surface area contributed by atoms with Gasteiger partial charge in [-0.1, -0.05) is 0 Å². The minimum atomic E-state index is -0.952. The van der Waals surface area contributed by atoms with Crippen LogP contribution in [0.4, 0.5) is 0 Å². The Balaban J connectivity index is 3.56. The maximum Gasteiger partial charge on any atom is 0.320 e. The predicted molar refractivity (Wildman–Crippen MR) is 59.6 cm³/mol. The summed E-state index contributed by atoms with van der Waals surface area (Å²) >= 11 is 0. The van der Waals surface area contributed by atoms with Gasteiger partial charge in [0.05, 0.1) is 0 Å². The SMILES string of the molecule is CN(C)C(N)=NCCCC[C@@H](N)C(=O)O. The van der Waals surface area contributed by atoms with Crippen LogP contribution in [0.1, 0.15) is 19.3 Å². The van der Waals surface area contributed by atoms with E-state index in [0.29, 0.717) is 18.9 Å². The maximum atomic E-state index is 10.4. The van der Waals surface area contributed by atoms with Crippen molar-refractivity contribution >= 4 is 11.9 Å². The summed E-state index contributed by atoms with van der Waals surface area (Å²) in [5.41, 5.74) is 10.9. The molecule has 0 rings (SSSR count). The first-order valence-corrected chi connectivity index (χ1v) is 4.90. The number of aliphatic imine (C=N–C) groups is 1. The van der Waals surface area contributed by atoms with Crippen LogP contribution in [-0.2, 0) is 4.79 Å². The van der Waals surface area contributed by atoms with E-state index in [4.69, 9.17) is 16.6 Å². The van der Waals surface area contributed by atoms with E-state index in [1.165, 1.54) is 0 Å². The Morgan fingerprint density at radius 3 is 2.53 bits per heavy atom. The summed E-state index contributed by atoms with van der Waals surface area (Å²) in [6, 6.07) is -0.764. The summed E-state index contributed by atoms with van der Waals surface area (Å²) in [6.07, 6.45) is 2.03. The van der Waals surface area contributed by atoms with Crippen molar-refractivity contribution in [1.82, 2.24) is 4.90 Å². The highest BCUT2D eigenvalue weighted by atomic mass is 16.4. The number of nitrogens with zero attached hydrogens (tertiary/aromatic N) is 2. The van der Waals surface area contributed by atoms with E-state index >= 15 is 0 Å². The third-order valence-corrected chi connectivity index (χ3v) is 1.97. The van der Waals surface area contributed by atoms with Crippen LogP contribution in [0.2, 0.25) is 0 Å². The Morgan fingerprint density at radius 2 is 2.07 bits per heavy atom. The van der Waals surface area contributed by atoms with Crippen LogP contribution in [0.3, 0.4) is 0 Å². The summed E-state index contributed by atoms with van der Waals surface area (Å²) in [4.78, 5) is 16.2. The summed E-state index contributed by atoms with van der Waals surface area (Å²) < 4.78 is 0. The van der Waals surface area contributed by atoms with Gasteiger partial charge in [-0.3, -0.25) is 9.79 Å². The van der Waals surface area contributed by atoms with Crippen molar-refractivity contribution in [3.8, 4) is 0 Å². The molecule has 0 aromatic rings. The molecule has 0 spiro atoms. The number of hydrogen-bond acceptors (Lipinski definition) is 3. The molecule has 0 saturated carbocycles. The lowest BCUT2D eigenvalue weighted by Gasteiger charge is -2.10. The average Bonchev–Trinajstić information content (AvgIpc) is 2.16. The van der Waals surface area contributed by atoms with Crippen LogP contribution in [0, 0.1) is 0 Å². The van der Waals surface area contributed by atoms with Gasteiger partial charge in [0.25, 0.3) is 0 Å². The van der Waals surface area contributed by atoms with Gasteiger partial charge in [-0.15, -0.1) is 0 Å². The minimum Gasteiger partial charge on any atom is -0.480 e. The molecule has 0 aliphatic carbocycles. The quantitative estimate of drug-likeness (QED) is 0.314. The van der Waals surface area contributed by atoms with Crippen molar-refractivity contribution in [3.05, 3.63) is 0 Å². The van der Waals surface area contributed by atoms with Gasteiger partial charge in [-0.25, -0.2) is 0 Å². The van der Waals surface area contributed by atoms with Gasteiger partial charge in [0.15, 0.2) is 5.96 Å². The van der Waals surface area contributed by atoms with Crippen molar-refractivity contribution < 1.29 is 9.90 Å². The van der Waals surface area contributed by atoms with Gasteiger partial charge in [-0.05, 0) is 19.3 Å². The molecular weight excluding hydrogens is 196 g/mol. The summed E-state index contributed by atoms with van der Waals surface area (Å²) in [5.74, 6) is -0.469. The van der Waals surface area contributed by atoms with Crippen LogP contribution in [-0.4, -0.2) is 48.6 Å². The van der Waals surface area contributed by atoms with Gasteiger partial charge in [-0.2, -0.15) is 0 Å². The lowest BCUT2D eigenvalue weighted by Crippen LogP contribution is -2.30. The second-order valence-electron chi connectivity index (χ2n) is 3.57. The molecule has 0 fully saturated rings. The normalized spacial score (nSPS) is 13.7. The smallest absolute Gasteiger partial charge is 0.320 e. The van der Waals surface area contributed by atoms with Gasteiger partial charge >= 0.3 is 5.97 Å². The van der Waals surface area contributed by atoms with Crippen molar-refractivity contribution in [2.24, 2.45) is 16.5 Å². The third-order valence-electron chi connectivity index (χ3n) is 1.97. The third kappa shape index (κ3) is 6.73. The number of aliphatic carboxylic acids is 1. The van der Waals surface area contributed by atoms with Crippen molar-refractivity contribution in [2.75, 3.05) is 20.6 Å².